The number of carbonyl (C=O) groups is 1. The second-order valence-electron chi connectivity index (χ2n) is 6.28. The number of benzene rings is 1. The molecule has 0 spiro atoms. The Morgan fingerprint density at radius 2 is 2.04 bits per heavy atom. The van der Waals surface area contributed by atoms with Gasteiger partial charge in [0.2, 0.25) is 0 Å². The van der Waals surface area contributed by atoms with Crippen molar-refractivity contribution in [1.82, 2.24) is 20.1 Å². The van der Waals surface area contributed by atoms with Gasteiger partial charge < -0.3 is 10.1 Å². The number of carbonyl (C=O) groups excluding carboxylic acids is 1. The molecule has 0 saturated carbocycles. The van der Waals surface area contributed by atoms with Gasteiger partial charge in [0.1, 0.15) is 12.4 Å². The Labute approximate surface area is 157 Å². The van der Waals surface area contributed by atoms with E-state index in [2.05, 4.69) is 15.4 Å². The van der Waals surface area contributed by atoms with Gasteiger partial charge in [-0.25, -0.2) is 9.67 Å². The van der Waals surface area contributed by atoms with E-state index < -0.39 is 0 Å². The van der Waals surface area contributed by atoms with Gasteiger partial charge in [0.15, 0.2) is 5.65 Å². The van der Waals surface area contributed by atoms with E-state index in [4.69, 9.17) is 16.3 Å². The third-order valence-electron chi connectivity index (χ3n) is 3.96. The van der Waals surface area contributed by atoms with E-state index in [0.29, 0.717) is 35.2 Å². The van der Waals surface area contributed by atoms with Gasteiger partial charge in [0.25, 0.3) is 5.91 Å². The van der Waals surface area contributed by atoms with Crippen molar-refractivity contribution in [2.75, 3.05) is 13.2 Å². The number of pyridine rings is 1. The lowest BCUT2D eigenvalue weighted by atomic mass is 10.1. The molecule has 2 aromatic heterocycles. The Kier molecular flexibility index (Phi) is 5.42. The first kappa shape index (κ1) is 18.2. The molecule has 2 heterocycles. The van der Waals surface area contributed by atoms with Gasteiger partial charge in [-0.15, -0.1) is 0 Å². The Bertz CT molecular complexity index is 919. The molecule has 0 aliphatic heterocycles. The highest BCUT2D eigenvalue weighted by atomic mass is 35.5. The number of amides is 1. The molecule has 0 bridgehead atoms. The first-order chi connectivity index (χ1) is 12.5. The first-order valence-corrected chi connectivity index (χ1v) is 8.85. The molecule has 3 rings (SSSR count). The van der Waals surface area contributed by atoms with Crippen molar-refractivity contribution in [1.29, 1.82) is 0 Å². The van der Waals surface area contributed by atoms with Crippen molar-refractivity contribution in [2.45, 2.75) is 26.8 Å². The summed E-state index contributed by atoms with van der Waals surface area (Å²) in [7, 11) is 0. The van der Waals surface area contributed by atoms with Gasteiger partial charge in [0, 0.05) is 16.5 Å². The van der Waals surface area contributed by atoms with E-state index in [0.717, 1.165) is 11.0 Å². The average molecular weight is 373 g/mol. The van der Waals surface area contributed by atoms with Crippen LogP contribution < -0.4 is 10.1 Å². The number of rotatable bonds is 6. The molecule has 0 aliphatic carbocycles. The predicted molar refractivity (Wildman–Crippen MR) is 102 cm³/mol. The molecule has 0 atom stereocenters. The minimum Gasteiger partial charge on any atom is -0.492 e. The largest absolute Gasteiger partial charge is 0.492 e. The van der Waals surface area contributed by atoms with Crippen LogP contribution in [0, 0.1) is 6.92 Å². The fourth-order valence-electron chi connectivity index (χ4n) is 2.63. The van der Waals surface area contributed by atoms with E-state index in [9.17, 15) is 4.79 Å². The minimum absolute atomic E-state index is 0.172. The first-order valence-electron chi connectivity index (χ1n) is 8.47. The number of aryl methyl sites for hydroxylation is 1. The highest BCUT2D eigenvalue weighted by Gasteiger charge is 2.15. The van der Waals surface area contributed by atoms with Crippen molar-refractivity contribution in [2.24, 2.45) is 0 Å². The number of ether oxygens (including phenoxy) is 1. The molecule has 26 heavy (non-hydrogen) atoms. The lowest BCUT2D eigenvalue weighted by Gasteiger charge is -2.10. The summed E-state index contributed by atoms with van der Waals surface area (Å²) in [6.07, 6.45) is 1.74. The molecule has 6 nitrogen and oxygen atoms in total. The number of halogens is 1. The quantitative estimate of drug-likeness (QED) is 0.668. The van der Waals surface area contributed by atoms with Crippen LogP contribution in [0.3, 0.4) is 0 Å². The lowest BCUT2D eigenvalue weighted by molar-refractivity contribution is 0.0946. The zero-order valence-electron chi connectivity index (χ0n) is 15.0. The topological polar surface area (TPSA) is 69.0 Å². The molecular formula is C19H21ClN4O2. The van der Waals surface area contributed by atoms with Crippen LogP contribution in [0.25, 0.3) is 11.0 Å². The molecule has 0 fully saturated rings. The predicted octanol–water partition coefficient (Wildman–Crippen LogP) is 3.78. The number of nitrogens with one attached hydrogen (secondary N) is 1. The summed E-state index contributed by atoms with van der Waals surface area (Å²) >= 11 is 5.83. The fraction of sp³-hybridized carbons (Fsp3) is 0.316. The number of hydrogen-bond acceptors (Lipinski definition) is 4. The molecule has 136 valence electrons. The van der Waals surface area contributed by atoms with Crippen LogP contribution in [0.5, 0.6) is 5.75 Å². The summed E-state index contributed by atoms with van der Waals surface area (Å²) in [6.45, 7) is 6.68. The van der Waals surface area contributed by atoms with Gasteiger partial charge in [0.05, 0.1) is 24.0 Å². The monoisotopic (exact) mass is 372 g/mol. The summed E-state index contributed by atoms with van der Waals surface area (Å²) in [5.74, 6) is 0.540. The summed E-state index contributed by atoms with van der Waals surface area (Å²) in [6, 6.07) is 9.15. The molecular weight excluding hydrogens is 352 g/mol. The van der Waals surface area contributed by atoms with Crippen molar-refractivity contribution < 1.29 is 9.53 Å². The van der Waals surface area contributed by atoms with Crippen LogP contribution in [-0.2, 0) is 0 Å². The lowest BCUT2D eigenvalue weighted by Crippen LogP contribution is -2.28. The Balaban J connectivity index is 1.62. The summed E-state index contributed by atoms with van der Waals surface area (Å²) in [5.41, 5.74) is 2.02. The number of aromatic nitrogens is 3. The van der Waals surface area contributed by atoms with E-state index in [1.807, 2.05) is 31.5 Å². The van der Waals surface area contributed by atoms with Crippen LogP contribution in [0.2, 0.25) is 5.02 Å². The molecule has 0 radical (unpaired) electrons. The van der Waals surface area contributed by atoms with Gasteiger partial charge in [-0.05, 0) is 51.1 Å². The van der Waals surface area contributed by atoms with Crippen molar-refractivity contribution in [3.05, 3.63) is 52.8 Å². The molecule has 0 saturated heterocycles. The summed E-state index contributed by atoms with van der Waals surface area (Å²) in [5, 5.41) is 8.71. The maximum Gasteiger partial charge on any atom is 0.253 e. The Hall–Kier alpha value is -2.60. The van der Waals surface area contributed by atoms with E-state index in [1.54, 1.807) is 30.5 Å². The zero-order chi connectivity index (χ0) is 18.7. The molecule has 0 aliphatic rings. The number of nitrogens with zero attached hydrogens (tertiary/aromatic N) is 3. The molecule has 3 aromatic rings. The highest BCUT2D eigenvalue weighted by molar-refractivity contribution is 6.30. The van der Waals surface area contributed by atoms with Gasteiger partial charge in [-0.1, -0.05) is 11.6 Å². The summed E-state index contributed by atoms with van der Waals surface area (Å²) in [4.78, 5) is 17.0. The van der Waals surface area contributed by atoms with Gasteiger partial charge >= 0.3 is 0 Å². The van der Waals surface area contributed by atoms with Crippen LogP contribution in [-0.4, -0.2) is 33.8 Å². The van der Waals surface area contributed by atoms with Crippen LogP contribution in [0.1, 0.15) is 35.9 Å². The number of hydrogen-bond donors (Lipinski definition) is 1. The molecule has 7 heteroatoms. The maximum atomic E-state index is 12.5. The van der Waals surface area contributed by atoms with Gasteiger partial charge in [-0.2, -0.15) is 5.10 Å². The Morgan fingerprint density at radius 1 is 1.31 bits per heavy atom. The van der Waals surface area contributed by atoms with Crippen molar-refractivity contribution in [3.8, 4) is 5.75 Å². The average Bonchev–Trinajstić information content (AvgIpc) is 3.02. The second-order valence-corrected chi connectivity index (χ2v) is 6.71. The normalized spacial score (nSPS) is 11.1. The minimum atomic E-state index is -0.172. The van der Waals surface area contributed by atoms with E-state index in [-0.39, 0.29) is 11.9 Å². The third-order valence-corrected chi connectivity index (χ3v) is 4.22. The number of fused-ring (bicyclic) bond motifs is 1. The second kappa shape index (κ2) is 7.74. The SMILES string of the molecule is Cc1nc2c(cnn2C(C)C)cc1C(=O)NCCOc1ccc(Cl)cc1. The highest BCUT2D eigenvalue weighted by Crippen LogP contribution is 2.19. The third kappa shape index (κ3) is 3.96. The smallest absolute Gasteiger partial charge is 0.253 e. The molecule has 0 unspecified atom stereocenters. The van der Waals surface area contributed by atoms with Crippen molar-refractivity contribution in [3.63, 3.8) is 0 Å². The standard InChI is InChI=1S/C19H21ClN4O2/c1-12(2)24-18-14(11-22-24)10-17(13(3)23-18)19(25)21-8-9-26-16-6-4-15(20)5-7-16/h4-7,10-12H,8-9H2,1-3H3,(H,21,25). The Morgan fingerprint density at radius 3 is 2.73 bits per heavy atom. The molecule has 1 N–H and O–H groups in total. The molecule has 1 amide bonds. The zero-order valence-corrected chi connectivity index (χ0v) is 15.7. The molecule has 1 aromatic carbocycles. The van der Waals surface area contributed by atoms with Crippen molar-refractivity contribution >= 4 is 28.5 Å². The van der Waals surface area contributed by atoms with E-state index >= 15 is 0 Å². The van der Waals surface area contributed by atoms with Crippen LogP contribution in [0.4, 0.5) is 0 Å². The van der Waals surface area contributed by atoms with Crippen LogP contribution in [0.15, 0.2) is 36.5 Å². The fourth-order valence-corrected chi connectivity index (χ4v) is 2.76. The van der Waals surface area contributed by atoms with E-state index in [1.165, 1.54) is 0 Å². The van der Waals surface area contributed by atoms with Crippen LogP contribution >= 0.6 is 11.6 Å². The van der Waals surface area contributed by atoms with Gasteiger partial charge in [-0.3, -0.25) is 4.79 Å². The summed E-state index contributed by atoms with van der Waals surface area (Å²) < 4.78 is 7.43. The maximum absolute atomic E-state index is 12.5.